The Balaban J connectivity index is 1.93. The summed E-state index contributed by atoms with van der Waals surface area (Å²) < 4.78 is 23.2. The normalized spacial score (nSPS) is 38.9. The molecule has 0 aromatic carbocycles. The van der Waals surface area contributed by atoms with Crippen LogP contribution in [-0.4, -0.2) is 108 Å². The Hall–Kier alpha value is -3.29. The molecule has 12 nitrogen and oxygen atoms in total. The number of rotatable bonds is 3. The molecule has 2 saturated heterocycles. The summed E-state index contributed by atoms with van der Waals surface area (Å²) in [6.07, 6.45) is 9.82. The van der Waals surface area contributed by atoms with Crippen molar-refractivity contribution in [2.75, 3.05) is 27.3 Å². The van der Waals surface area contributed by atoms with Crippen LogP contribution in [0.3, 0.4) is 0 Å². The van der Waals surface area contributed by atoms with Crippen LogP contribution >= 0.6 is 0 Å². The fourth-order valence-electron chi connectivity index (χ4n) is 7.80. The number of aliphatic hydroxyl groups excluding tert-OH is 1. The first-order chi connectivity index (χ1) is 26.3. The van der Waals surface area contributed by atoms with Gasteiger partial charge < -0.3 is 34.1 Å². The van der Waals surface area contributed by atoms with Gasteiger partial charge in [-0.1, -0.05) is 78.0 Å². The maximum Gasteiger partial charge on any atom is 0.311 e. The maximum absolute atomic E-state index is 13.8. The van der Waals surface area contributed by atoms with E-state index in [1.165, 1.54) is 12.0 Å². The number of cyclic esters (lactones) is 1. The van der Waals surface area contributed by atoms with Gasteiger partial charge in [-0.05, 0) is 68.9 Å². The van der Waals surface area contributed by atoms with Gasteiger partial charge in [0.25, 0.3) is 11.7 Å². The highest BCUT2D eigenvalue weighted by Gasteiger charge is 2.52. The number of fused-ring (bicyclic) bond motifs is 4. The summed E-state index contributed by atoms with van der Waals surface area (Å²) in [4.78, 5) is 69.2. The fourth-order valence-corrected chi connectivity index (χ4v) is 7.80. The molecule has 0 aromatic heterocycles. The van der Waals surface area contributed by atoms with E-state index in [1.807, 2.05) is 65.0 Å². The Morgan fingerprint density at radius 1 is 0.911 bits per heavy atom. The molecule has 12 heteroatoms. The lowest BCUT2D eigenvalue weighted by Gasteiger charge is -2.42. The largest absolute Gasteiger partial charge is 0.461 e. The third-order valence-corrected chi connectivity index (χ3v) is 11.7. The first-order valence-electron chi connectivity index (χ1n) is 20.3. The Morgan fingerprint density at radius 2 is 1.61 bits per heavy atom. The Labute approximate surface area is 333 Å². The Bertz CT molecular complexity index is 1510. The van der Waals surface area contributed by atoms with Crippen LogP contribution in [0.5, 0.6) is 0 Å². The highest BCUT2D eigenvalue weighted by molar-refractivity contribution is 6.38. The average Bonchev–Trinajstić information content (AvgIpc) is 3.16. The van der Waals surface area contributed by atoms with Crippen molar-refractivity contribution in [3.8, 4) is 0 Å². The number of ketones is 3. The second-order valence-electron chi connectivity index (χ2n) is 16.7. The Kier molecular flexibility index (Phi) is 18.0. The summed E-state index contributed by atoms with van der Waals surface area (Å²) in [6, 6.07) is 0. The number of Topliss-reactive ketones (excluding diaryl/α,β-unsaturated/α-hetero) is 3. The van der Waals surface area contributed by atoms with Crippen molar-refractivity contribution >= 4 is 29.2 Å². The predicted molar refractivity (Wildman–Crippen MR) is 212 cm³/mol. The van der Waals surface area contributed by atoms with Gasteiger partial charge in [-0.2, -0.15) is 0 Å². The van der Waals surface area contributed by atoms with Crippen molar-refractivity contribution in [1.82, 2.24) is 4.90 Å². The lowest BCUT2D eigenvalue weighted by atomic mass is 9.85. The van der Waals surface area contributed by atoms with Crippen LogP contribution in [0.25, 0.3) is 0 Å². The van der Waals surface area contributed by atoms with E-state index in [0.717, 1.165) is 5.57 Å². The number of piperidine rings is 1. The topological polar surface area (TPSA) is 166 Å². The number of carbonyl (C=O) groups excluding carboxylic acids is 5. The molecule has 0 radical (unpaired) electrons. The molecule has 314 valence electrons. The van der Waals surface area contributed by atoms with Crippen LogP contribution in [0.4, 0.5) is 0 Å². The van der Waals surface area contributed by atoms with Gasteiger partial charge >= 0.3 is 5.97 Å². The number of hydrogen-bond donors (Lipinski definition) is 2. The Morgan fingerprint density at radius 3 is 2.25 bits per heavy atom. The van der Waals surface area contributed by atoms with E-state index < -0.39 is 71.5 Å². The number of aliphatic hydroxyl groups is 2. The molecule has 1 unspecified atom stereocenters. The number of methoxy groups -OCH3 is 2. The van der Waals surface area contributed by atoms with Gasteiger partial charge in [0.05, 0.1) is 18.1 Å². The second-order valence-corrected chi connectivity index (χ2v) is 16.7. The molecule has 0 aliphatic carbocycles. The molecule has 0 spiro atoms. The molecule has 4 bridgehead atoms. The molecule has 56 heavy (non-hydrogen) atoms. The molecular weight excluding hydrogens is 718 g/mol. The third-order valence-electron chi connectivity index (χ3n) is 11.7. The number of hydrogen-bond acceptors (Lipinski definition) is 11. The summed E-state index contributed by atoms with van der Waals surface area (Å²) in [5.74, 6) is -7.93. The molecule has 3 rings (SSSR count). The lowest BCUT2D eigenvalue weighted by Crippen LogP contribution is -2.59. The number of esters is 1. The molecule has 3 heterocycles. The minimum absolute atomic E-state index is 0.0400. The van der Waals surface area contributed by atoms with E-state index in [2.05, 4.69) is 0 Å². The molecule has 3 aliphatic rings. The number of nitrogens with zero attached hydrogens (tertiary/aromatic N) is 1. The SMILES string of the molecule is CO[C@H]1C[C@@H]2CC[C@@H](C)[C@@](O)(O2)C(=O)C(=O)N2CCCC(C2)C(=O)O[C@H](C(C)C)CC(=O)[C@H](C)/C=C(\C)[C@@H](O)[C@@H](OC)C(=O)[C@H](C)C[C@H](C)/C=C/C=C/C=C/1C. The van der Waals surface area contributed by atoms with Crippen molar-refractivity contribution in [2.45, 2.75) is 137 Å². The van der Waals surface area contributed by atoms with Crippen molar-refractivity contribution in [3.05, 3.63) is 47.6 Å². The van der Waals surface area contributed by atoms with Crippen LogP contribution in [0.1, 0.15) is 100 Å². The molecule has 0 saturated carbocycles. The van der Waals surface area contributed by atoms with E-state index >= 15 is 0 Å². The van der Waals surface area contributed by atoms with Crippen molar-refractivity contribution in [3.63, 3.8) is 0 Å². The van der Waals surface area contributed by atoms with E-state index in [4.69, 9.17) is 18.9 Å². The molecular formula is C44H67NO11. The lowest BCUT2D eigenvalue weighted by molar-refractivity contribution is -0.265. The van der Waals surface area contributed by atoms with E-state index in [-0.39, 0.29) is 49.0 Å². The summed E-state index contributed by atoms with van der Waals surface area (Å²) in [6.45, 7) is 14.6. The quantitative estimate of drug-likeness (QED) is 0.211. The first kappa shape index (κ1) is 47.1. The monoisotopic (exact) mass is 785 g/mol. The zero-order valence-electron chi connectivity index (χ0n) is 35.2. The van der Waals surface area contributed by atoms with Crippen LogP contribution in [0.2, 0.25) is 0 Å². The average molecular weight is 786 g/mol. The summed E-state index contributed by atoms with van der Waals surface area (Å²) >= 11 is 0. The van der Waals surface area contributed by atoms with Gasteiger partial charge in [-0.3, -0.25) is 24.0 Å². The summed E-state index contributed by atoms with van der Waals surface area (Å²) in [5, 5.41) is 22.9. The number of carbonyl (C=O) groups is 5. The van der Waals surface area contributed by atoms with Gasteiger partial charge in [-0.15, -0.1) is 0 Å². The zero-order chi connectivity index (χ0) is 41.9. The number of allylic oxidation sites excluding steroid dienone is 6. The van der Waals surface area contributed by atoms with Gasteiger partial charge in [0, 0.05) is 57.9 Å². The molecule has 2 N–H and O–H groups in total. The standard InChI is InChI=1S/C44H67NO11/c1-26(2)36-24-35(46)29(5)22-31(7)39(48)40(54-10)38(47)30(6)21-27(3)15-12-11-13-16-28(4)37(53-9)23-34-19-18-32(8)44(52,56-34)41(49)42(50)45-20-14-17-33(25-45)43(51)55-36/h11-13,15-16,22,26-27,29-30,32-34,36-37,39-40,48,52H,14,17-21,23-25H2,1-10H3/b13-11+,15-12+,28-16+,31-22+/t27-,29-,30-,32-,33?,34+,36+,37+,39-,40+,44-/m1/s1. The van der Waals surface area contributed by atoms with Crippen molar-refractivity contribution < 1.29 is 53.1 Å². The van der Waals surface area contributed by atoms with Crippen LogP contribution < -0.4 is 0 Å². The summed E-state index contributed by atoms with van der Waals surface area (Å²) in [7, 11) is 2.96. The van der Waals surface area contributed by atoms with E-state index in [0.29, 0.717) is 44.1 Å². The van der Waals surface area contributed by atoms with Gasteiger partial charge in [0.15, 0.2) is 5.78 Å². The number of ether oxygens (including phenoxy) is 4. The molecule has 1 amide bonds. The smallest absolute Gasteiger partial charge is 0.311 e. The third kappa shape index (κ3) is 12.4. The van der Waals surface area contributed by atoms with Crippen LogP contribution in [-0.2, 0) is 42.9 Å². The molecule has 11 atom stereocenters. The highest BCUT2D eigenvalue weighted by atomic mass is 16.6. The highest BCUT2D eigenvalue weighted by Crippen LogP contribution is 2.36. The molecule has 0 aromatic rings. The minimum atomic E-state index is -2.33. The van der Waals surface area contributed by atoms with Crippen molar-refractivity contribution in [2.24, 2.45) is 35.5 Å². The predicted octanol–water partition coefficient (Wildman–Crippen LogP) is 5.49. The van der Waals surface area contributed by atoms with E-state index in [9.17, 15) is 34.2 Å². The van der Waals surface area contributed by atoms with E-state index in [1.54, 1.807) is 34.0 Å². The van der Waals surface area contributed by atoms with Gasteiger partial charge in [0.1, 0.15) is 24.1 Å². The zero-order valence-corrected chi connectivity index (χ0v) is 35.2. The van der Waals surface area contributed by atoms with Crippen molar-refractivity contribution in [1.29, 1.82) is 0 Å². The first-order valence-corrected chi connectivity index (χ1v) is 20.3. The second kappa shape index (κ2) is 21.5. The fraction of sp³-hybridized carbons (Fsp3) is 0.705. The van der Waals surface area contributed by atoms with Crippen LogP contribution in [0, 0.1) is 35.5 Å². The minimum Gasteiger partial charge on any atom is -0.461 e. The molecule has 3 aliphatic heterocycles. The van der Waals surface area contributed by atoms with Crippen LogP contribution in [0.15, 0.2) is 47.6 Å². The molecule has 2 fully saturated rings. The maximum atomic E-state index is 13.8. The van der Waals surface area contributed by atoms with Gasteiger partial charge in [0.2, 0.25) is 5.79 Å². The van der Waals surface area contributed by atoms with Gasteiger partial charge in [-0.25, -0.2) is 0 Å². The number of amides is 1. The summed E-state index contributed by atoms with van der Waals surface area (Å²) in [5.41, 5.74) is 1.32.